The smallest absolute Gasteiger partial charge is 0.223 e. The van der Waals surface area contributed by atoms with Gasteiger partial charge in [0.05, 0.1) is 6.04 Å². The molecule has 2 heterocycles. The third kappa shape index (κ3) is 3.95. The Bertz CT molecular complexity index is 832. The lowest BCUT2D eigenvalue weighted by molar-refractivity contribution is -0.132. The third-order valence-electron chi connectivity index (χ3n) is 5.90. The Balaban J connectivity index is 1.38. The highest BCUT2D eigenvalue weighted by Gasteiger charge is 2.29. The maximum absolute atomic E-state index is 12.8. The van der Waals surface area contributed by atoms with Gasteiger partial charge in [-0.05, 0) is 73.4 Å². The molecule has 1 fully saturated rings. The molecule has 1 aromatic heterocycles. The molecule has 0 radical (unpaired) electrons. The van der Waals surface area contributed by atoms with Gasteiger partial charge in [-0.2, -0.15) is 0 Å². The van der Waals surface area contributed by atoms with Gasteiger partial charge in [0.25, 0.3) is 0 Å². The molecule has 140 valence electrons. The summed E-state index contributed by atoms with van der Waals surface area (Å²) in [5.74, 6) is 0.164. The Hall–Kier alpha value is -2.49. The summed E-state index contributed by atoms with van der Waals surface area (Å²) in [5.41, 5.74) is 4.59. The van der Waals surface area contributed by atoms with E-state index in [0.717, 1.165) is 43.4 Å². The van der Waals surface area contributed by atoms with Crippen LogP contribution >= 0.6 is 0 Å². The van der Waals surface area contributed by atoms with Crippen molar-refractivity contribution in [1.29, 1.82) is 0 Å². The first-order valence-electron chi connectivity index (χ1n) is 10.1. The number of nitrogens with zero attached hydrogens (tertiary/aromatic N) is 2. The lowest BCUT2D eigenvalue weighted by atomic mass is 9.89. The largest absolute Gasteiger partial charge is 0.336 e. The van der Waals surface area contributed by atoms with Gasteiger partial charge in [0, 0.05) is 37.3 Å². The number of Topliss-reactive ketones (excluding diaryl/α,β-unsaturated/α-hetero) is 1. The van der Waals surface area contributed by atoms with Crippen LogP contribution in [0.15, 0.2) is 42.7 Å². The lowest BCUT2D eigenvalue weighted by Gasteiger charge is -2.25. The Labute approximate surface area is 160 Å². The second-order valence-electron chi connectivity index (χ2n) is 7.64. The summed E-state index contributed by atoms with van der Waals surface area (Å²) in [7, 11) is 0. The Morgan fingerprint density at radius 3 is 2.56 bits per heavy atom. The molecule has 4 nitrogen and oxygen atoms in total. The second-order valence-corrected chi connectivity index (χ2v) is 7.64. The number of carbonyl (C=O) groups is 2. The molecule has 1 aliphatic carbocycles. The first-order chi connectivity index (χ1) is 13.2. The van der Waals surface area contributed by atoms with Crippen molar-refractivity contribution in [2.24, 2.45) is 0 Å². The summed E-state index contributed by atoms with van der Waals surface area (Å²) in [6.45, 7) is 0.777. The lowest BCUT2D eigenvalue weighted by Crippen LogP contribution is -2.30. The number of pyridine rings is 1. The number of ketones is 1. The Morgan fingerprint density at radius 2 is 1.74 bits per heavy atom. The van der Waals surface area contributed by atoms with Crippen LogP contribution in [0.2, 0.25) is 0 Å². The molecule has 1 amide bonds. The molecule has 1 saturated heterocycles. The zero-order valence-electron chi connectivity index (χ0n) is 15.7. The predicted molar refractivity (Wildman–Crippen MR) is 105 cm³/mol. The first kappa shape index (κ1) is 17.9. The van der Waals surface area contributed by atoms with Gasteiger partial charge in [0.15, 0.2) is 5.78 Å². The van der Waals surface area contributed by atoms with Crippen LogP contribution in [0.5, 0.6) is 0 Å². The molecule has 4 rings (SSSR count). The quantitative estimate of drug-likeness (QED) is 0.746. The maximum atomic E-state index is 12.8. The van der Waals surface area contributed by atoms with Crippen LogP contribution in [0.3, 0.4) is 0 Å². The minimum atomic E-state index is 0.0800. The molecule has 0 bridgehead atoms. The summed E-state index contributed by atoms with van der Waals surface area (Å²) < 4.78 is 0. The molecular weight excluding hydrogens is 336 g/mol. The number of aromatic nitrogens is 1. The minimum absolute atomic E-state index is 0.0800. The number of carbonyl (C=O) groups excluding carboxylic acids is 2. The van der Waals surface area contributed by atoms with E-state index in [4.69, 9.17) is 0 Å². The van der Waals surface area contributed by atoms with Crippen LogP contribution in [-0.4, -0.2) is 28.1 Å². The number of aryl methyl sites for hydroxylation is 2. The van der Waals surface area contributed by atoms with E-state index in [-0.39, 0.29) is 30.6 Å². The van der Waals surface area contributed by atoms with Crippen molar-refractivity contribution in [3.8, 4) is 0 Å². The van der Waals surface area contributed by atoms with E-state index in [1.54, 1.807) is 12.4 Å². The SMILES string of the molecule is O=C(CCC(=O)N1CCC[C@@H]1c1ccncc1)c1ccc2c(c1)CCCC2. The number of rotatable bonds is 5. The molecule has 1 aromatic carbocycles. The molecule has 0 spiro atoms. The van der Waals surface area contributed by atoms with Crippen LogP contribution in [0.25, 0.3) is 0 Å². The molecule has 2 aromatic rings. The molecular formula is C23H26N2O2. The highest BCUT2D eigenvalue weighted by Crippen LogP contribution is 2.32. The van der Waals surface area contributed by atoms with Gasteiger partial charge >= 0.3 is 0 Å². The maximum Gasteiger partial charge on any atom is 0.223 e. The van der Waals surface area contributed by atoms with Crippen molar-refractivity contribution in [2.45, 2.75) is 57.4 Å². The number of hydrogen-bond acceptors (Lipinski definition) is 3. The molecule has 2 aliphatic rings. The van der Waals surface area contributed by atoms with Crippen LogP contribution < -0.4 is 0 Å². The Kier molecular flexibility index (Phi) is 5.33. The van der Waals surface area contributed by atoms with Gasteiger partial charge in [-0.1, -0.05) is 12.1 Å². The van der Waals surface area contributed by atoms with Crippen molar-refractivity contribution in [2.75, 3.05) is 6.54 Å². The van der Waals surface area contributed by atoms with E-state index in [1.807, 2.05) is 23.1 Å². The van der Waals surface area contributed by atoms with E-state index in [9.17, 15) is 9.59 Å². The summed E-state index contributed by atoms with van der Waals surface area (Å²) in [6, 6.07) is 10.2. The fourth-order valence-electron chi connectivity index (χ4n) is 4.41. The van der Waals surface area contributed by atoms with E-state index >= 15 is 0 Å². The van der Waals surface area contributed by atoms with E-state index in [0.29, 0.717) is 0 Å². The summed E-state index contributed by atoms with van der Waals surface area (Å²) in [4.78, 5) is 31.4. The summed E-state index contributed by atoms with van der Waals surface area (Å²) >= 11 is 0. The first-order valence-corrected chi connectivity index (χ1v) is 10.1. The van der Waals surface area contributed by atoms with Gasteiger partial charge < -0.3 is 4.90 Å². The van der Waals surface area contributed by atoms with Crippen molar-refractivity contribution in [3.05, 3.63) is 65.0 Å². The van der Waals surface area contributed by atoms with E-state index < -0.39 is 0 Å². The van der Waals surface area contributed by atoms with Gasteiger partial charge in [0.2, 0.25) is 5.91 Å². The highest BCUT2D eigenvalue weighted by molar-refractivity contribution is 5.98. The van der Waals surface area contributed by atoms with Gasteiger partial charge in [-0.3, -0.25) is 14.6 Å². The van der Waals surface area contributed by atoms with Gasteiger partial charge in [-0.25, -0.2) is 0 Å². The average molecular weight is 362 g/mol. The number of fused-ring (bicyclic) bond motifs is 1. The third-order valence-corrected chi connectivity index (χ3v) is 5.90. The van der Waals surface area contributed by atoms with Crippen molar-refractivity contribution in [3.63, 3.8) is 0 Å². The average Bonchev–Trinajstić information content (AvgIpc) is 3.22. The zero-order chi connectivity index (χ0) is 18.6. The molecule has 1 aliphatic heterocycles. The van der Waals surface area contributed by atoms with Crippen LogP contribution in [0.1, 0.15) is 71.6 Å². The van der Waals surface area contributed by atoms with Crippen LogP contribution in [-0.2, 0) is 17.6 Å². The number of likely N-dealkylation sites (tertiary alicyclic amines) is 1. The number of hydrogen-bond donors (Lipinski definition) is 0. The summed E-state index contributed by atoms with van der Waals surface area (Å²) in [6.07, 6.45) is 10.7. The molecule has 0 saturated carbocycles. The standard InChI is InChI=1S/C23H26N2O2/c26-22(20-8-7-17-4-1-2-5-19(17)16-20)9-10-23(27)25-15-3-6-21(25)18-11-13-24-14-12-18/h7-8,11-14,16,21H,1-6,9-10,15H2/t21-/m1/s1. The topological polar surface area (TPSA) is 50.3 Å². The highest BCUT2D eigenvalue weighted by atomic mass is 16.2. The number of benzene rings is 1. The van der Waals surface area contributed by atoms with Crippen molar-refractivity contribution >= 4 is 11.7 Å². The fourth-order valence-corrected chi connectivity index (χ4v) is 4.41. The van der Waals surface area contributed by atoms with Gasteiger partial charge in [0.1, 0.15) is 0 Å². The molecule has 1 atom stereocenters. The zero-order valence-corrected chi connectivity index (χ0v) is 15.7. The molecule has 0 unspecified atom stereocenters. The van der Waals surface area contributed by atoms with E-state index in [2.05, 4.69) is 17.1 Å². The van der Waals surface area contributed by atoms with Gasteiger partial charge in [-0.15, -0.1) is 0 Å². The Morgan fingerprint density at radius 1 is 0.963 bits per heavy atom. The van der Waals surface area contributed by atoms with Crippen molar-refractivity contribution in [1.82, 2.24) is 9.88 Å². The van der Waals surface area contributed by atoms with E-state index in [1.165, 1.54) is 24.0 Å². The normalized spacial score (nSPS) is 19.0. The second kappa shape index (κ2) is 8.03. The molecule has 0 N–H and O–H groups in total. The number of amides is 1. The van der Waals surface area contributed by atoms with Crippen molar-refractivity contribution < 1.29 is 9.59 Å². The fraction of sp³-hybridized carbons (Fsp3) is 0.435. The monoisotopic (exact) mass is 362 g/mol. The van der Waals surface area contributed by atoms with Crippen LogP contribution in [0.4, 0.5) is 0 Å². The summed E-state index contributed by atoms with van der Waals surface area (Å²) in [5, 5.41) is 0. The van der Waals surface area contributed by atoms with Crippen LogP contribution in [0, 0.1) is 0 Å². The molecule has 4 heteroatoms. The molecule has 27 heavy (non-hydrogen) atoms. The minimum Gasteiger partial charge on any atom is -0.336 e. The predicted octanol–water partition coefficient (Wildman–Crippen LogP) is 4.29.